The molecule has 9 nitrogen and oxygen atoms in total. The maximum Gasteiger partial charge on any atom is 0.338 e. The van der Waals surface area contributed by atoms with Crippen molar-refractivity contribution >= 4 is 29.3 Å². The quantitative estimate of drug-likeness (QED) is 0.233. The van der Waals surface area contributed by atoms with Crippen LogP contribution >= 0.6 is 0 Å². The molecule has 0 bridgehead atoms. The van der Waals surface area contributed by atoms with Crippen LogP contribution in [0.1, 0.15) is 84.4 Å². The number of amides is 1. The van der Waals surface area contributed by atoms with Crippen LogP contribution in [0.3, 0.4) is 0 Å². The molecule has 2 aromatic rings. The minimum absolute atomic E-state index is 0.00895. The third-order valence-corrected chi connectivity index (χ3v) is 7.37. The van der Waals surface area contributed by atoms with Crippen molar-refractivity contribution in [1.29, 1.82) is 0 Å². The summed E-state index contributed by atoms with van der Waals surface area (Å²) in [6.07, 6.45) is 4.88. The van der Waals surface area contributed by atoms with Crippen molar-refractivity contribution in [3.05, 3.63) is 64.7 Å². The van der Waals surface area contributed by atoms with E-state index in [2.05, 4.69) is 6.58 Å². The first kappa shape index (κ1) is 32.4. The minimum atomic E-state index is -0.926. The maximum atomic E-state index is 12.8. The SMILES string of the molecule is C=CCCCCN1C(=O)C(C)(C)Oc2cc(C)c(C(=O)OC)cc21.COC(=O)c1cc2c(cc1C)OC(C)(C)C(=O)C2. The number of benzene rings is 2. The smallest absolute Gasteiger partial charge is 0.338 e. The second-order valence-electron chi connectivity index (χ2n) is 11.5. The van der Waals surface area contributed by atoms with Crippen LogP contribution in [-0.4, -0.2) is 55.6 Å². The molecular weight excluding hydrogens is 538 g/mol. The lowest BCUT2D eigenvalue weighted by Crippen LogP contribution is -2.52. The molecule has 0 saturated heterocycles. The average Bonchev–Trinajstić information content (AvgIpc) is 2.92. The highest BCUT2D eigenvalue weighted by Crippen LogP contribution is 2.40. The number of aryl methyl sites for hydroxylation is 2. The lowest BCUT2D eigenvalue weighted by atomic mass is 9.91. The van der Waals surface area contributed by atoms with E-state index in [1.807, 2.05) is 19.9 Å². The number of rotatable bonds is 7. The van der Waals surface area contributed by atoms with Crippen LogP contribution in [-0.2, 0) is 25.5 Å². The summed E-state index contributed by atoms with van der Waals surface area (Å²) in [7, 11) is 2.69. The molecule has 42 heavy (non-hydrogen) atoms. The molecule has 0 saturated carbocycles. The Labute approximate surface area is 247 Å². The van der Waals surface area contributed by atoms with Crippen LogP contribution in [0.25, 0.3) is 0 Å². The van der Waals surface area contributed by atoms with Gasteiger partial charge in [0.15, 0.2) is 17.0 Å². The zero-order valence-corrected chi connectivity index (χ0v) is 25.8. The summed E-state index contributed by atoms with van der Waals surface area (Å²) in [4.78, 5) is 49.9. The monoisotopic (exact) mass is 579 g/mol. The molecule has 0 atom stereocenters. The predicted molar refractivity (Wildman–Crippen MR) is 160 cm³/mol. The lowest BCUT2D eigenvalue weighted by molar-refractivity contribution is -0.133. The Kier molecular flexibility index (Phi) is 9.86. The van der Waals surface area contributed by atoms with Crippen molar-refractivity contribution in [3.8, 4) is 11.5 Å². The second-order valence-corrected chi connectivity index (χ2v) is 11.5. The highest BCUT2D eigenvalue weighted by atomic mass is 16.5. The number of carbonyl (C=O) groups is 4. The van der Waals surface area contributed by atoms with Crippen molar-refractivity contribution in [2.75, 3.05) is 25.7 Å². The highest BCUT2D eigenvalue weighted by Gasteiger charge is 2.41. The van der Waals surface area contributed by atoms with Gasteiger partial charge in [0, 0.05) is 18.5 Å². The van der Waals surface area contributed by atoms with Crippen LogP contribution in [0.15, 0.2) is 36.9 Å². The number of nitrogens with zero attached hydrogens (tertiary/aromatic N) is 1. The van der Waals surface area contributed by atoms with E-state index in [1.54, 1.807) is 56.9 Å². The number of hydrogen-bond acceptors (Lipinski definition) is 8. The summed E-state index contributed by atoms with van der Waals surface area (Å²) in [6, 6.07) is 6.96. The number of methoxy groups -OCH3 is 2. The topological polar surface area (TPSA) is 108 Å². The van der Waals surface area contributed by atoms with Gasteiger partial charge in [-0.2, -0.15) is 0 Å². The molecule has 0 spiro atoms. The molecule has 2 aliphatic heterocycles. The fourth-order valence-electron chi connectivity index (χ4n) is 4.83. The number of unbranched alkanes of at least 4 members (excludes halogenated alkanes) is 2. The Morgan fingerprint density at radius 2 is 1.43 bits per heavy atom. The summed E-state index contributed by atoms with van der Waals surface area (Å²) in [5.74, 6) is 0.382. The number of ketones is 1. The molecule has 9 heteroatoms. The Balaban J connectivity index is 0.000000240. The molecule has 4 rings (SSSR count). The van der Waals surface area contributed by atoms with Crippen molar-refractivity contribution in [3.63, 3.8) is 0 Å². The molecule has 0 N–H and O–H groups in total. The van der Waals surface area contributed by atoms with Gasteiger partial charge in [0.05, 0.1) is 31.0 Å². The van der Waals surface area contributed by atoms with Crippen LogP contribution < -0.4 is 14.4 Å². The van der Waals surface area contributed by atoms with E-state index in [0.717, 1.165) is 36.0 Å². The number of hydrogen-bond donors (Lipinski definition) is 0. The van der Waals surface area contributed by atoms with Gasteiger partial charge >= 0.3 is 11.9 Å². The van der Waals surface area contributed by atoms with Gasteiger partial charge in [-0.05, 0) is 96.2 Å². The van der Waals surface area contributed by atoms with Gasteiger partial charge in [-0.3, -0.25) is 9.59 Å². The van der Waals surface area contributed by atoms with Gasteiger partial charge in [-0.15, -0.1) is 6.58 Å². The molecule has 2 aromatic carbocycles. The van der Waals surface area contributed by atoms with E-state index in [-0.39, 0.29) is 18.1 Å². The van der Waals surface area contributed by atoms with Crippen molar-refractivity contribution in [2.45, 2.75) is 78.4 Å². The molecule has 0 unspecified atom stereocenters. The lowest BCUT2D eigenvalue weighted by Gasteiger charge is -2.39. The number of carbonyl (C=O) groups excluding carboxylic acids is 4. The molecule has 226 valence electrons. The number of ether oxygens (including phenoxy) is 4. The van der Waals surface area contributed by atoms with E-state index >= 15 is 0 Å². The normalized spacial score (nSPS) is 16.0. The van der Waals surface area contributed by atoms with Gasteiger partial charge in [-0.25, -0.2) is 9.59 Å². The van der Waals surface area contributed by atoms with Crippen LogP contribution in [0.2, 0.25) is 0 Å². The van der Waals surface area contributed by atoms with E-state index in [1.165, 1.54) is 14.2 Å². The Bertz CT molecular complexity index is 1410. The number of esters is 2. The average molecular weight is 580 g/mol. The fraction of sp³-hybridized carbons (Fsp3) is 0.455. The minimum Gasteiger partial charge on any atom is -0.480 e. The molecule has 1 amide bonds. The van der Waals surface area contributed by atoms with E-state index in [4.69, 9.17) is 18.9 Å². The molecule has 0 radical (unpaired) electrons. The number of Topliss-reactive ketones (excluding diaryl/α,β-unsaturated/α-hetero) is 1. The van der Waals surface area contributed by atoms with Crippen LogP contribution in [0.5, 0.6) is 11.5 Å². The zero-order valence-electron chi connectivity index (χ0n) is 25.8. The summed E-state index contributed by atoms with van der Waals surface area (Å²) in [5.41, 5.74) is 2.12. The number of fused-ring (bicyclic) bond motifs is 2. The fourth-order valence-corrected chi connectivity index (χ4v) is 4.83. The molecule has 2 heterocycles. The summed E-state index contributed by atoms with van der Waals surface area (Å²) < 4.78 is 21.1. The Morgan fingerprint density at radius 1 is 0.881 bits per heavy atom. The first-order valence-electron chi connectivity index (χ1n) is 14.0. The van der Waals surface area contributed by atoms with Crippen LogP contribution in [0.4, 0.5) is 5.69 Å². The van der Waals surface area contributed by atoms with Gasteiger partial charge in [-0.1, -0.05) is 6.08 Å². The third-order valence-electron chi connectivity index (χ3n) is 7.37. The summed E-state index contributed by atoms with van der Waals surface area (Å²) >= 11 is 0. The standard InChI is InChI=1S/C19H25NO4.C14H16O4/c1-6-7-8-9-10-20-15-12-14(17(21)23-5)13(2)11-16(15)24-19(3,4)18(20)22;1-8-5-11-9(6-10(8)13(16)17-4)7-12(15)14(2,3)18-11/h6,11-12H,1,7-10H2,2-5H3;5-6H,7H2,1-4H3. The van der Waals surface area contributed by atoms with Gasteiger partial charge in [0.25, 0.3) is 5.91 Å². The molecule has 0 fully saturated rings. The van der Waals surface area contributed by atoms with E-state index < -0.39 is 23.1 Å². The van der Waals surface area contributed by atoms with Gasteiger partial charge in [0.1, 0.15) is 11.5 Å². The molecular formula is C33H41NO8. The summed E-state index contributed by atoms with van der Waals surface area (Å²) in [5, 5.41) is 0. The molecule has 2 aliphatic rings. The Hall–Kier alpha value is -4.14. The molecule has 0 aliphatic carbocycles. The Morgan fingerprint density at radius 3 is 2.00 bits per heavy atom. The zero-order chi connectivity index (χ0) is 31.4. The predicted octanol–water partition coefficient (Wildman–Crippen LogP) is 5.71. The van der Waals surface area contributed by atoms with Crippen molar-refractivity contribution < 1.29 is 38.1 Å². The maximum absolute atomic E-state index is 12.8. The number of allylic oxidation sites excluding steroid dienone is 1. The van der Waals surface area contributed by atoms with Crippen molar-refractivity contribution in [1.82, 2.24) is 0 Å². The van der Waals surface area contributed by atoms with E-state index in [0.29, 0.717) is 34.9 Å². The highest BCUT2D eigenvalue weighted by molar-refractivity contribution is 6.04. The van der Waals surface area contributed by atoms with E-state index in [9.17, 15) is 19.2 Å². The second kappa shape index (κ2) is 12.8. The van der Waals surface area contributed by atoms with Gasteiger partial charge in [0.2, 0.25) is 0 Å². The first-order valence-corrected chi connectivity index (χ1v) is 14.0. The number of anilines is 1. The van der Waals surface area contributed by atoms with Gasteiger partial charge < -0.3 is 23.8 Å². The van der Waals surface area contributed by atoms with Crippen LogP contribution in [0, 0.1) is 13.8 Å². The van der Waals surface area contributed by atoms with Crippen molar-refractivity contribution in [2.24, 2.45) is 0 Å². The first-order chi connectivity index (χ1) is 19.7. The largest absolute Gasteiger partial charge is 0.480 e. The summed E-state index contributed by atoms with van der Waals surface area (Å²) in [6.45, 7) is 15.0. The third kappa shape index (κ3) is 6.83. The molecule has 0 aromatic heterocycles.